The Balaban J connectivity index is 0.00000424. The van der Waals surface area contributed by atoms with Crippen LogP contribution in [0.2, 0.25) is 2.82 Å². The van der Waals surface area contributed by atoms with Gasteiger partial charge in [-0.3, -0.25) is 28.8 Å². The van der Waals surface area contributed by atoms with Gasteiger partial charge < -0.3 is 51.2 Å². The highest BCUT2D eigenvalue weighted by molar-refractivity contribution is 5.89. The van der Waals surface area contributed by atoms with E-state index in [1.165, 1.54) is 24.3 Å². The third kappa shape index (κ3) is 20.0. The summed E-state index contributed by atoms with van der Waals surface area (Å²) < 4.78 is 23.1. The Morgan fingerprint density at radius 2 is 1.12 bits per heavy atom. The number of hydrogen-bond donors (Lipinski definition) is 10. The normalized spacial score (nSPS) is 13.8. The molecule has 0 heterocycles. The zero-order valence-electron chi connectivity index (χ0n) is 41.5. The van der Waals surface area contributed by atoms with E-state index < -0.39 is 52.3 Å². The molecule has 0 spiro atoms. The molecule has 0 aliphatic carbocycles. The molecule has 19 nitrogen and oxygen atoms in total. The first-order chi connectivity index (χ1) is 31.2. The fourth-order valence-electron chi connectivity index (χ4n) is 6.99. The van der Waals surface area contributed by atoms with Gasteiger partial charge in [-0.25, -0.2) is 4.94 Å². The Bertz CT molecular complexity index is 1930. The number of carbonyl (C=O) groups is 6. The predicted molar refractivity (Wildman–Crippen MR) is 242 cm³/mol. The molecule has 65 heavy (non-hydrogen) atoms. The van der Waals surface area contributed by atoms with E-state index in [2.05, 4.69) is 32.1 Å². The van der Waals surface area contributed by atoms with Crippen LogP contribution in [0.15, 0.2) is 36.4 Å². The molecule has 0 fully saturated rings. The minimum absolute atomic E-state index is 0.0253. The van der Waals surface area contributed by atoms with E-state index in [1.807, 2.05) is 34.6 Å². The molecular weight excluding hydrogens is 845 g/mol. The zero-order valence-corrected chi connectivity index (χ0v) is 39.5. The molecule has 4 atom stereocenters. The van der Waals surface area contributed by atoms with Crippen molar-refractivity contribution in [2.45, 2.75) is 120 Å². The second-order valence-corrected chi connectivity index (χ2v) is 18.0. The SMILES string of the molecule is CCC(CC(C(=O)NCCc1ccc(O)c(O)c1)C(C)(C)C(=O)OCCOC(=O)C(C)(C)CC(CC(C)C(=O)NC(C)C)C(=O)NCCc1ccc(O)c(O)c1)C(=O)NC(C)C.[2H]N([2H])ON. The number of rotatable bonds is 26. The number of benzene rings is 2. The summed E-state index contributed by atoms with van der Waals surface area (Å²) in [5, 5.41) is 50.4. The lowest BCUT2D eigenvalue weighted by Crippen LogP contribution is -2.47. The van der Waals surface area contributed by atoms with Gasteiger partial charge >= 0.3 is 11.9 Å². The van der Waals surface area contributed by atoms with Crippen LogP contribution in [0.4, 0.5) is 0 Å². The van der Waals surface area contributed by atoms with E-state index in [4.69, 9.17) is 12.3 Å². The van der Waals surface area contributed by atoms with E-state index >= 15 is 0 Å². The number of carbonyl (C=O) groups excluding carboxylic acids is 6. The number of aromatic hydroxyl groups is 4. The van der Waals surface area contributed by atoms with Gasteiger partial charge in [0.25, 0.3) is 0 Å². The van der Waals surface area contributed by atoms with Crippen molar-refractivity contribution >= 4 is 35.6 Å². The minimum Gasteiger partial charge on any atom is -0.504 e. The second-order valence-electron chi connectivity index (χ2n) is 18.0. The summed E-state index contributed by atoms with van der Waals surface area (Å²) in [6.07, 6.45) is 1.28. The predicted octanol–water partition coefficient (Wildman–Crippen LogP) is 3.53. The summed E-state index contributed by atoms with van der Waals surface area (Å²) in [6.45, 7) is 16.9. The van der Waals surface area contributed by atoms with E-state index in [1.54, 1.807) is 46.8 Å². The van der Waals surface area contributed by atoms with Crippen LogP contribution in [0.5, 0.6) is 23.0 Å². The van der Waals surface area contributed by atoms with Crippen LogP contribution in [0.1, 0.15) is 106 Å². The first-order valence-electron chi connectivity index (χ1n) is 22.7. The molecule has 0 aliphatic heterocycles. The Morgan fingerprint density at radius 3 is 1.57 bits per heavy atom. The highest BCUT2D eigenvalue weighted by Gasteiger charge is 2.44. The van der Waals surface area contributed by atoms with E-state index in [-0.39, 0.29) is 104 Å². The van der Waals surface area contributed by atoms with Crippen molar-refractivity contribution in [1.82, 2.24) is 21.3 Å². The number of nitrogens with two attached hydrogens (primary N) is 2. The smallest absolute Gasteiger partial charge is 0.312 e. The molecule has 0 saturated heterocycles. The molecule has 12 N–H and O–H groups in total. The van der Waals surface area contributed by atoms with Crippen LogP contribution in [0.25, 0.3) is 0 Å². The van der Waals surface area contributed by atoms with E-state index in [9.17, 15) is 49.2 Å². The van der Waals surface area contributed by atoms with Crippen LogP contribution in [-0.4, -0.2) is 94.4 Å². The van der Waals surface area contributed by atoms with Gasteiger partial charge in [-0.15, -0.1) is 0 Å². The molecule has 0 radical (unpaired) electrons. The minimum atomic E-state index is -1.43. The molecule has 2 rings (SSSR count). The largest absolute Gasteiger partial charge is 0.504 e. The topological polar surface area (TPSA) is 311 Å². The molecular formula is C46H74N6O13. The van der Waals surface area contributed by atoms with Gasteiger partial charge in [0, 0.05) is 42.9 Å². The molecule has 19 heteroatoms. The molecule has 0 saturated carbocycles. The van der Waals surface area contributed by atoms with Crippen LogP contribution >= 0.6 is 0 Å². The van der Waals surface area contributed by atoms with Gasteiger partial charge in [0.15, 0.2) is 25.8 Å². The van der Waals surface area contributed by atoms with Crippen molar-refractivity contribution < 1.29 is 66.4 Å². The molecule has 0 aromatic heterocycles. The van der Waals surface area contributed by atoms with Gasteiger partial charge in [0.2, 0.25) is 23.6 Å². The van der Waals surface area contributed by atoms with Crippen LogP contribution < -0.4 is 33.0 Å². The Labute approximate surface area is 385 Å². The number of phenols is 4. The van der Waals surface area contributed by atoms with Crippen molar-refractivity contribution in [3.05, 3.63) is 47.5 Å². The lowest BCUT2D eigenvalue weighted by Gasteiger charge is -2.33. The van der Waals surface area contributed by atoms with Gasteiger partial charge in [-0.2, -0.15) is 11.8 Å². The molecule has 2 aromatic rings. The highest BCUT2D eigenvalue weighted by Crippen LogP contribution is 2.36. The van der Waals surface area contributed by atoms with Crippen LogP contribution in [0.3, 0.4) is 0 Å². The fraction of sp³-hybridized carbons (Fsp3) is 0.609. The standard InChI is InChI=1S/C46H70N4O12.H4N2O/c1-11-32(41(57)50-28(4)5)25-34(42(58)48-19-17-31-13-15-36(52)38(54)24-31)46(9,10)44(60)62-21-20-61-43(59)45(7,8)26-33(22-29(6)39(55)49-27(2)3)40(56)47-18-16-30-12-14-35(51)37(53)23-30;1-3-2/h12-15,23-24,27-29,32-34,51-54H,11,16-22,25-26H2,1-10H3,(H,47,56)(H,48,58)(H,49,55)(H,50,57);1-2H2/i;1D2. The summed E-state index contributed by atoms with van der Waals surface area (Å²) in [5.41, 5.74) is -1.31. The lowest BCUT2D eigenvalue weighted by molar-refractivity contribution is -0.167. The van der Waals surface area contributed by atoms with Crippen molar-refractivity contribution in [1.29, 1.82) is 0 Å². The third-order valence-corrected chi connectivity index (χ3v) is 10.8. The average Bonchev–Trinajstić information content (AvgIpc) is 3.24. The number of esters is 2. The monoisotopic (exact) mass is 921 g/mol. The average molecular weight is 921 g/mol. The zero-order chi connectivity index (χ0) is 51.2. The number of nitrogens with one attached hydrogen (secondary N) is 4. The van der Waals surface area contributed by atoms with Crippen molar-refractivity contribution in [3.8, 4) is 23.0 Å². The first kappa shape index (κ1) is 53.7. The molecule has 4 unspecified atom stereocenters. The highest BCUT2D eigenvalue weighted by atomic mass is 16.7. The maximum atomic E-state index is 13.8. The van der Waals surface area contributed by atoms with Crippen molar-refractivity contribution in [2.75, 3.05) is 26.3 Å². The molecule has 2 aromatic carbocycles. The first-order valence-corrected chi connectivity index (χ1v) is 21.8. The molecule has 0 bridgehead atoms. The second kappa shape index (κ2) is 27.6. The number of phenolic OH excluding ortho intramolecular Hbond substituents is 4. The van der Waals surface area contributed by atoms with Gasteiger partial charge in [0.1, 0.15) is 13.2 Å². The summed E-state index contributed by atoms with van der Waals surface area (Å²) in [6, 6.07) is 8.46. The summed E-state index contributed by atoms with van der Waals surface area (Å²) >= 11 is 0. The fourth-order valence-corrected chi connectivity index (χ4v) is 6.99. The van der Waals surface area contributed by atoms with Crippen LogP contribution in [0, 0.1) is 34.5 Å². The quantitative estimate of drug-likeness (QED) is 0.0279. The maximum absolute atomic E-state index is 13.8. The summed E-state index contributed by atoms with van der Waals surface area (Å²) in [4.78, 5) is 83.9. The third-order valence-electron chi connectivity index (χ3n) is 10.8. The summed E-state index contributed by atoms with van der Waals surface area (Å²) in [5.74, 6) is -2.66. The van der Waals surface area contributed by atoms with Crippen molar-refractivity contribution in [3.63, 3.8) is 0 Å². The Kier molecular flexibility index (Phi) is 22.8. The Morgan fingerprint density at radius 1 is 0.662 bits per heavy atom. The van der Waals surface area contributed by atoms with Gasteiger partial charge in [-0.05, 0) is 129 Å². The van der Waals surface area contributed by atoms with Crippen molar-refractivity contribution in [2.24, 2.45) is 46.3 Å². The molecule has 4 amide bonds. The molecule has 366 valence electrons. The summed E-state index contributed by atoms with van der Waals surface area (Å²) in [7, 11) is 0. The van der Waals surface area contributed by atoms with Crippen LogP contribution in [-0.2, 0) is 56.0 Å². The number of hydrogen-bond acceptors (Lipinski definition) is 15. The maximum Gasteiger partial charge on any atom is 0.312 e. The number of amides is 4. The Hall–Kier alpha value is -5.66. The van der Waals surface area contributed by atoms with E-state index in [0.29, 0.717) is 30.4 Å². The molecule has 0 aliphatic rings. The van der Waals surface area contributed by atoms with Gasteiger partial charge in [0.05, 0.1) is 16.7 Å². The van der Waals surface area contributed by atoms with E-state index in [0.717, 1.165) is 0 Å². The number of ether oxygens (including phenoxy) is 2. The van der Waals surface area contributed by atoms with Gasteiger partial charge in [-0.1, -0.05) is 26.0 Å². The lowest BCUT2D eigenvalue weighted by atomic mass is 9.73.